The molecule has 0 aliphatic rings. The molecule has 2 heterocycles. The van der Waals surface area contributed by atoms with Crippen molar-refractivity contribution in [1.29, 1.82) is 0 Å². The second-order valence-electron chi connectivity index (χ2n) is 4.66. The zero-order chi connectivity index (χ0) is 14.9. The van der Waals surface area contributed by atoms with Crippen LogP contribution in [0.5, 0.6) is 0 Å². The number of primary sulfonamides is 1. The molecule has 0 saturated carbocycles. The molecule has 1 unspecified atom stereocenters. The number of nitrogens with zero attached hydrogens (tertiary/aromatic N) is 2. The van der Waals surface area contributed by atoms with Crippen LogP contribution in [0.15, 0.2) is 15.8 Å². The third kappa shape index (κ3) is 3.54. The van der Waals surface area contributed by atoms with Gasteiger partial charge in [0.2, 0.25) is 10.0 Å². The molecular weight excluding hydrogens is 316 g/mol. The summed E-state index contributed by atoms with van der Waals surface area (Å²) in [7, 11) is -3.69. The van der Waals surface area contributed by atoms with Gasteiger partial charge in [0.25, 0.3) is 0 Å². The average Bonchev–Trinajstić information content (AvgIpc) is 2.95. The molecule has 0 radical (unpaired) electrons. The van der Waals surface area contributed by atoms with Gasteiger partial charge >= 0.3 is 0 Å². The SMILES string of the molecule is CC(C)c1nc(C(C)Nc2ncc(S(N)(=O)=O)s2)cs1. The lowest BCUT2D eigenvalue weighted by molar-refractivity contribution is 0.599. The number of hydrogen-bond donors (Lipinski definition) is 2. The van der Waals surface area contributed by atoms with Crippen molar-refractivity contribution in [3.8, 4) is 0 Å². The van der Waals surface area contributed by atoms with Gasteiger partial charge in [-0.25, -0.2) is 23.5 Å². The van der Waals surface area contributed by atoms with Crippen LogP contribution in [0.25, 0.3) is 0 Å². The van der Waals surface area contributed by atoms with Crippen molar-refractivity contribution in [2.75, 3.05) is 5.32 Å². The van der Waals surface area contributed by atoms with Gasteiger partial charge in [0.15, 0.2) is 9.34 Å². The van der Waals surface area contributed by atoms with Crippen LogP contribution in [0.1, 0.15) is 43.4 Å². The maximum atomic E-state index is 11.2. The van der Waals surface area contributed by atoms with E-state index in [1.165, 1.54) is 6.20 Å². The van der Waals surface area contributed by atoms with Crippen LogP contribution >= 0.6 is 22.7 Å². The number of rotatable bonds is 5. The standard InChI is InChI=1S/C11H16N4O2S3/c1-6(2)10-15-8(5-18-10)7(3)14-11-13-4-9(19-11)20(12,16)17/h4-7H,1-3H3,(H,13,14)(H2,12,16,17). The van der Waals surface area contributed by atoms with E-state index in [9.17, 15) is 8.42 Å². The lowest BCUT2D eigenvalue weighted by Gasteiger charge is -2.09. The number of sulfonamides is 1. The molecule has 0 fully saturated rings. The van der Waals surface area contributed by atoms with Gasteiger partial charge in [-0.15, -0.1) is 11.3 Å². The van der Waals surface area contributed by atoms with Crippen LogP contribution in [-0.4, -0.2) is 18.4 Å². The quantitative estimate of drug-likeness (QED) is 0.877. The van der Waals surface area contributed by atoms with Crippen LogP contribution in [0.3, 0.4) is 0 Å². The van der Waals surface area contributed by atoms with E-state index in [0.29, 0.717) is 11.0 Å². The summed E-state index contributed by atoms with van der Waals surface area (Å²) >= 11 is 2.64. The topological polar surface area (TPSA) is 98.0 Å². The Kier molecular flexibility index (Phi) is 4.43. The van der Waals surface area contributed by atoms with Crippen molar-refractivity contribution in [3.63, 3.8) is 0 Å². The van der Waals surface area contributed by atoms with Gasteiger partial charge in [0.05, 0.1) is 22.9 Å². The highest BCUT2D eigenvalue weighted by Crippen LogP contribution is 2.27. The minimum atomic E-state index is -3.69. The Morgan fingerprint density at radius 1 is 1.35 bits per heavy atom. The highest BCUT2D eigenvalue weighted by Gasteiger charge is 2.16. The van der Waals surface area contributed by atoms with Gasteiger partial charge in [-0.3, -0.25) is 0 Å². The number of nitrogens with one attached hydrogen (secondary N) is 1. The number of nitrogens with two attached hydrogens (primary N) is 1. The summed E-state index contributed by atoms with van der Waals surface area (Å²) in [5.41, 5.74) is 0.922. The fourth-order valence-corrected chi connectivity index (χ4v) is 3.95. The van der Waals surface area contributed by atoms with Crippen molar-refractivity contribution in [2.24, 2.45) is 5.14 Å². The molecule has 2 aromatic heterocycles. The molecule has 110 valence electrons. The molecule has 6 nitrogen and oxygen atoms in total. The van der Waals surface area contributed by atoms with Crippen molar-refractivity contribution in [3.05, 3.63) is 22.3 Å². The molecule has 2 aromatic rings. The molecule has 3 N–H and O–H groups in total. The van der Waals surface area contributed by atoms with E-state index in [1.54, 1.807) is 11.3 Å². The minimum absolute atomic E-state index is 0.0433. The monoisotopic (exact) mass is 332 g/mol. The molecule has 2 rings (SSSR count). The van der Waals surface area contributed by atoms with E-state index in [-0.39, 0.29) is 10.3 Å². The maximum absolute atomic E-state index is 11.2. The van der Waals surface area contributed by atoms with Crippen LogP contribution in [0.2, 0.25) is 0 Å². The number of thiazole rings is 2. The third-order valence-electron chi connectivity index (χ3n) is 2.58. The highest BCUT2D eigenvalue weighted by molar-refractivity contribution is 7.91. The van der Waals surface area contributed by atoms with E-state index in [1.807, 2.05) is 12.3 Å². The predicted octanol–water partition coefficient (Wildman–Crippen LogP) is 2.54. The molecule has 0 spiro atoms. The first kappa shape index (κ1) is 15.4. The fraction of sp³-hybridized carbons (Fsp3) is 0.455. The molecule has 0 saturated heterocycles. The third-order valence-corrected chi connectivity index (χ3v) is 6.08. The van der Waals surface area contributed by atoms with Crippen LogP contribution in [0.4, 0.5) is 5.13 Å². The van der Waals surface area contributed by atoms with E-state index in [4.69, 9.17) is 5.14 Å². The summed E-state index contributed by atoms with van der Waals surface area (Å²) in [5.74, 6) is 0.398. The van der Waals surface area contributed by atoms with E-state index < -0.39 is 10.0 Å². The van der Waals surface area contributed by atoms with Gasteiger partial charge in [-0.2, -0.15) is 0 Å². The predicted molar refractivity (Wildman–Crippen MR) is 81.7 cm³/mol. The van der Waals surface area contributed by atoms with Gasteiger partial charge in [-0.05, 0) is 6.92 Å². The second-order valence-corrected chi connectivity index (χ2v) is 8.37. The summed E-state index contributed by atoms with van der Waals surface area (Å²) in [6.07, 6.45) is 1.26. The van der Waals surface area contributed by atoms with E-state index >= 15 is 0 Å². The molecule has 0 aromatic carbocycles. The Hall–Kier alpha value is -1.03. The Morgan fingerprint density at radius 2 is 2.05 bits per heavy atom. The Morgan fingerprint density at radius 3 is 2.55 bits per heavy atom. The van der Waals surface area contributed by atoms with Crippen molar-refractivity contribution in [2.45, 2.75) is 36.9 Å². The largest absolute Gasteiger partial charge is 0.353 e. The lowest BCUT2D eigenvalue weighted by atomic mass is 10.2. The molecule has 9 heteroatoms. The summed E-state index contributed by atoms with van der Waals surface area (Å²) in [4.78, 5) is 8.57. The first-order valence-corrected chi connectivity index (χ1v) is 9.22. The van der Waals surface area contributed by atoms with Crippen LogP contribution < -0.4 is 10.5 Å². The summed E-state index contributed by atoms with van der Waals surface area (Å²) in [6, 6.07) is -0.0433. The summed E-state index contributed by atoms with van der Waals surface area (Å²) < 4.78 is 22.4. The van der Waals surface area contributed by atoms with Gasteiger partial charge < -0.3 is 5.32 Å². The van der Waals surface area contributed by atoms with Gasteiger partial charge in [-0.1, -0.05) is 25.2 Å². The van der Waals surface area contributed by atoms with Crippen molar-refractivity contribution >= 4 is 37.8 Å². The Balaban J connectivity index is 2.11. The van der Waals surface area contributed by atoms with Crippen LogP contribution in [-0.2, 0) is 10.0 Å². The summed E-state index contributed by atoms with van der Waals surface area (Å²) in [5, 5.41) is 11.8. The minimum Gasteiger partial charge on any atom is -0.353 e. The Labute approximate surface area is 126 Å². The zero-order valence-corrected chi connectivity index (χ0v) is 13.8. The number of aromatic nitrogens is 2. The van der Waals surface area contributed by atoms with Crippen LogP contribution in [0, 0.1) is 0 Å². The normalized spacial score (nSPS) is 13.7. The van der Waals surface area contributed by atoms with Crippen molar-refractivity contribution in [1.82, 2.24) is 9.97 Å². The first-order chi connectivity index (χ1) is 9.27. The molecule has 0 aliphatic heterocycles. The van der Waals surface area contributed by atoms with E-state index in [0.717, 1.165) is 22.0 Å². The summed E-state index contributed by atoms with van der Waals surface area (Å²) in [6.45, 7) is 6.15. The second kappa shape index (κ2) is 5.76. The molecule has 20 heavy (non-hydrogen) atoms. The first-order valence-electron chi connectivity index (χ1n) is 5.98. The molecule has 1 atom stereocenters. The zero-order valence-electron chi connectivity index (χ0n) is 11.3. The van der Waals surface area contributed by atoms with Crippen molar-refractivity contribution < 1.29 is 8.42 Å². The Bertz CT molecular complexity index is 690. The molecule has 0 aliphatic carbocycles. The van der Waals surface area contributed by atoms with Gasteiger partial charge in [0, 0.05) is 11.3 Å². The van der Waals surface area contributed by atoms with Gasteiger partial charge in [0.1, 0.15) is 0 Å². The lowest BCUT2D eigenvalue weighted by Crippen LogP contribution is -2.10. The molecule has 0 amide bonds. The van der Waals surface area contributed by atoms with E-state index in [2.05, 4.69) is 29.1 Å². The molecular formula is C11H16N4O2S3. The highest BCUT2D eigenvalue weighted by atomic mass is 32.2. The smallest absolute Gasteiger partial charge is 0.249 e. The number of hydrogen-bond acceptors (Lipinski definition) is 7. The number of anilines is 1. The molecule has 0 bridgehead atoms. The average molecular weight is 332 g/mol. The fourth-order valence-electron chi connectivity index (χ4n) is 1.48. The maximum Gasteiger partial charge on any atom is 0.249 e.